The maximum atomic E-state index is 6.70. The van der Waals surface area contributed by atoms with Crippen molar-refractivity contribution >= 4 is 44.0 Å². The maximum absolute atomic E-state index is 6.70. The number of likely N-dealkylation sites (tertiary alicyclic amines) is 1. The van der Waals surface area contributed by atoms with E-state index in [1.807, 2.05) is 24.3 Å². The Hall–Kier alpha value is -2.42. The molecule has 1 N–H and O–H groups in total. The largest absolute Gasteiger partial charge is 0.489 e. The zero-order chi connectivity index (χ0) is 23.7. The van der Waals surface area contributed by atoms with Crippen LogP contribution in [0.4, 0.5) is 17.2 Å². The normalized spacial score (nSPS) is 19.8. The van der Waals surface area contributed by atoms with E-state index in [1.165, 1.54) is 5.69 Å². The van der Waals surface area contributed by atoms with Crippen LogP contribution in [-0.4, -0.2) is 79.2 Å². The van der Waals surface area contributed by atoms with Crippen LogP contribution in [0, 0.1) is 0 Å². The number of anilines is 3. The van der Waals surface area contributed by atoms with Crippen molar-refractivity contribution in [2.24, 2.45) is 0 Å². The monoisotopic (exact) mass is 524 g/mol. The highest BCUT2D eigenvalue weighted by Crippen LogP contribution is 2.38. The van der Waals surface area contributed by atoms with Gasteiger partial charge in [-0.05, 0) is 64.7 Å². The lowest BCUT2D eigenvalue weighted by molar-refractivity contribution is 0.116. The van der Waals surface area contributed by atoms with Crippen LogP contribution in [0.15, 0.2) is 47.2 Å². The highest BCUT2D eigenvalue weighted by molar-refractivity contribution is 9.10. The Morgan fingerprint density at radius 1 is 1.06 bits per heavy atom. The van der Waals surface area contributed by atoms with Crippen molar-refractivity contribution in [3.8, 4) is 5.75 Å². The number of aromatic nitrogens is 2. The molecule has 8 heteroatoms. The van der Waals surface area contributed by atoms with Crippen LogP contribution < -0.4 is 15.0 Å². The van der Waals surface area contributed by atoms with Gasteiger partial charge in [-0.2, -0.15) is 0 Å². The summed E-state index contributed by atoms with van der Waals surface area (Å²) < 4.78 is 7.72. The van der Waals surface area contributed by atoms with E-state index in [0.717, 1.165) is 78.1 Å². The van der Waals surface area contributed by atoms with Gasteiger partial charge >= 0.3 is 0 Å². The van der Waals surface area contributed by atoms with Crippen LogP contribution >= 0.6 is 15.9 Å². The molecule has 7 nitrogen and oxygen atoms in total. The summed E-state index contributed by atoms with van der Waals surface area (Å²) in [6.45, 7) is 4.16. The molecule has 2 aromatic carbocycles. The fourth-order valence-electron chi connectivity index (χ4n) is 4.89. The Morgan fingerprint density at radius 3 is 2.62 bits per heavy atom. The van der Waals surface area contributed by atoms with Crippen LogP contribution in [-0.2, 0) is 0 Å². The molecule has 0 aliphatic carbocycles. The minimum absolute atomic E-state index is 0.196. The molecular formula is C26H33BrN6O. The van der Waals surface area contributed by atoms with Crippen molar-refractivity contribution in [1.29, 1.82) is 0 Å². The summed E-state index contributed by atoms with van der Waals surface area (Å²) in [6, 6.07) is 13.1. The summed E-state index contributed by atoms with van der Waals surface area (Å²) in [5.74, 6) is 1.64. The number of benzene rings is 2. The molecule has 34 heavy (non-hydrogen) atoms. The van der Waals surface area contributed by atoms with Crippen LogP contribution in [0.3, 0.4) is 0 Å². The van der Waals surface area contributed by atoms with Gasteiger partial charge in [0.2, 0.25) is 0 Å². The van der Waals surface area contributed by atoms with Gasteiger partial charge in [-0.25, -0.2) is 9.97 Å². The molecule has 1 aromatic heterocycles. The van der Waals surface area contributed by atoms with Crippen molar-refractivity contribution in [2.45, 2.75) is 31.4 Å². The first kappa shape index (κ1) is 23.3. The summed E-state index contributed by atoms with van der Waals surface area (Å²) in [4.78, 5) is 16.4. The SMILES string of the molecule is CN1CCC(Oc2cc(N3CCC(N(C)C)C3)cc3ncnc(Nc4cccc(Br)c4)c23)CC1. The quantitative estimate of drug-likeness (QED) is 0.499. The molecule has 0 spiro atoms. The molecule has 3 heterocycles. The predicted molar refractivity (Wildman–Crippen MR) is 142 cm³/mol. The van der Waals surface area contributed by atoms with Crippen molar-refractivity contribution in [2.75, 3.05) is 57.5 Å². The van der Waals surface area contributed by atoms with Gasteiger partial charge in [0.1, 0.15) is 24.0 Å². The molecule has 0 amide bonds. The summed E-state index contributed by atoms with van der Waals surface area (Å²) in [5, 5.41) is 4.43. The molecule has 5 rings (SSSR count). The number of ether oxygens (including phenoxy) is 1. The average Bonchev–Trinajstić information content (AvgIpc) is 3.31. The summed E-state index contributed by atoms with van der Waals surface area (Å²) in [7, 11) is 6.50. The number of fused-ring (bicyclic) bond motifs is 1. The zero-order valence-electron chi connectivity index (χ0n) is 20.2. The molecule has 2 aliphatic heterocycles. The molecule has 2 fully saturated rings. The molecule has 1 unspecified atom stereocenters. The lowest BCUT2D eigenvalue weighted by Gasteiger charge is -2.30. The molecule has 0 radical (unpaired) electrons. The smallest absolute Gasteiger partial charge is 0.145 e. The van der Waals surface area contributed by atoms with Crippen LogP contribution in [0.25, 0.3) is 10.9 Å². The van der Waals surface area contributed by atoms with E-state index < -0.39 is 0 Å². The zero-order valence-corrected chi connectivity index (χ0v) is 21.8. The predicted octanol–water partition coefficient (Wildman–Crippen LogP) is 4.75. The van der Waals surface area contributed by atoms with Gasteiger partial charge < -0.3 is 24.8 Å². The third kappa shape index (κ3) is 5.14. The fraction of sp³-hybridized carbons (Fsp3) is 0.462. The van der Waals surface area contributed by atoms with E-state index in [1.54, 1.807) is 6.33 Å². The molecule has 2 saturated heterocycles. The second-order valence-corrected chi connectivity index (χ2v) is 10.6. The summed E-state index contributed by atoms with van der Waals surface area (Å²) >= 11 is 3.56. The van der Waals surface area contributed by atoms with Gasteiger partial charge in [0.05, 0.1) is 10.9 Å². The number of piperidine rings is 1. The van der Waals surface area contributed by atoms with E-state index in [9.17, 15) is 0 Å². The van der Waals surface area contributed by atoms with E-state index >= 15 is 0 Å². The lowest BCUT2D eigenvalue weighted by Crippen LogP contribution is -2.35. The molecule has 0 saturated carbocycles. The fourth-order valence-corrected chi connectivity index (χ4v) is 5.29. The molecule has 2 aliphatic rings. The van der Waals surface area contributed by atoms with Crippen molar-refractivity contribution in [1.82, 2.24) is 19.8 Å². The number of likely N-dealkylation sites (N-methyl/N-ethyl adjacent to an activating group) is 1. The highest BCUT2D eigenvalue weighted by Gasteiger charge is 2.26. The number of hydrogen-bond acceptors (Lipinski definition) is 7. The van der Waals surface area contributed by atoms with Gasteiger partial charge in [-0.15, -0.1) is 0 Å². The van der Waals surface area contributed by atoms with Gasteiger partial charge in [0.15, 0.2) is 0 Å². The second kappa shape index (κ2) is 10.1. The van der Waals surface area contributed by atoms with Crippen LogP contribution in [0.1, 0.15) is 19.3 Å². The number of nitrogens with zero attached hydrogens (tertiary/aromatic N) is 5. The van der Waals surface area contributed by atoms with E-state index in [4.69, 9.17) is 4.74 Å². The number of halogens is 1. The number of hydrogen-bond donors (Lipinski definition) is 1. The third-order valence-electron chi connectivity index (χ3n) is 6.99. The first-order valence-electron chi connectivity index (χ1n) is 12.0. The Labute approximate surface area is 210 Å². The summed E-state index contributed by atoms with van der Waals surface area (Å²) in [6.07, 6.45) is 5.04. The van der Waals surface area contributed by atoms with Crippen molar-refractivity contribution < 1.29 is 4.74 Å². The Bertz CT molecular complexity index is 1150. The first-order valence-corrected chi connectivity index (χ1v) is 12.8. The van der Waals surface area contributed by atoms with Gasteiger partial charge in [-0.1, -0.05) is 22.0 Å². The second-order valence-electron chi connectivity index (χ2n) is 9.67. The lowest BCUT2D eigenvalue weighted by atomic mass is 10.1. The third-order valence-corrected chi connectivity index (χ3v) is 7.49. The van der Waals surface area contributed by atoms with E-state index in [-0.39, 0.29) is 6.10 Å². The minimum atomic E-state index is 0.196. The molecular weight excluding hydrogens is 492 g/mol. The number of rotatable bonds is 6. The topological polar surface area (TPSA) is 56.8 Å². The Balaban J connectivity index is 1.53. The molecule has 3 aromatic rings. The van der Waals surface area contributed by atoms with Gasteiger partial charge in [0.25, 0.3) is 0 Å². The Kier molecular flexibility index (Phi) is 6.90. The Morgan fingerprint density at radius 2 is 1.88 bits per heavy atom. The average molecular weight is 525 g/mol. The van der Waals surface area contributed by atoms with Gasteiger partial charge in [0, 0.05) is 54.1 Å². The van der Waals surface area contributed by atoms with Gasteiger partial charge in [-0.3, -0.25) is 0 Å². The van der Waals surface area contributed by atoms with Crippen molar-refractivity contribution in [3.05, 3.63) is 47.2 Å². The summed E-state index contributed by atoms with van der Waals surface area (Å²) in [5.41, 5.74) is 3.05. The molecule has 180 valence electrons. The number of nitrogens with one attached hydrogen (secondary N) is 1. The minimum Gasteiger partial charge on any atom is -0.489 e. The van der Waals surface area contributed by atoms with Crippen molar-refractivity contribution in [3.63, 3.8) is 0 Å². The maximum Gasteiger partial charge on any atom is 0.145 e. The van der Waals surface area contributed by atoms with E-state index in [2.05, 4.69) is 79.2 Å². The molecule has 1 atom stereocenters. The van der Waals surface area contributed by atoms with E-state index in [0.29, 0.717) is 6.04 Å². The molecule has 0 bridgehead atoms. The highest BCUT2D eigenvalue weighted by atomic mass is 79.9. The first-order chi connectivity index (χ1) is 16.5. The van der Waals surface area contributed by atoms with Crippen LogP contribution in [0.5, 0.6) is 5.75 Å². The van der Waals surface area contributed by atoms with Crippen LogP contribution in [0.2, 0.25) is 0 Å². The standard InChI is InChI=1S/C26H33BrN6O/c1-31(2)20-7-12-33(16-20)21-14-23-25(24(15-21)34-22-8-10-32(3)11-9-22)26(29-17-28-23)30-19-6-4-5-18(27)13-19/h4-6,13-15,17,20,22H,7-12,16H2,1-3H3,(H,28,29,30).